The van der Waals surface area contributed by atoms with Crippen LogP contribution in [0.3, 0.4) is 0 Å². The zero-order valence-electron chi connectivity index (χ0n) is 22.1. The zero-order chi connectivity index (χ0) is 28.6. The van der Waals surface area contributed by atoms with Crippen molar-refractivity contribution in [2.45, 2.75) is 44.8 Å². The molecule has 2 N–H and O–H groups in total. The normalized spacial score (nSPS) is 11.8. The molecule has 0 aliphatic heterocycles. The minimum atomic E-state index is -1.04. The van der Waals surface area contributed by atoms with E-state index in [-0.39, 0.29) is 12.8 Å². The number of nitrogens with one attached hydrogen (secondary N) is 2. The summed E-state index contributed by atoms with van der Waals surface area (Å²) in [4.78, 5) is 49.5. The Kier molecular flexibility index (Phi) is 12.0. The number of benzene rings is 3. The molecule has 0 heterocycles. The summed E-state index contributed by atoms with van der Waals surface area (Å²) in [6.45, 7) is 1.86. The Labute approximate surface area is 232 Å². The van der Waals surface area contributed by atoms with Gasteiger partial charge in [0, 0.05) is 6.54 Å². The van der Waals surface area contributed by atoms with E-state index in [1.54, 1.807) is 91.9 Å². The molecule has 0 radical (unpaired) electrons. The van der Waals surface area contributed by atoms with Gasteiger partial charge in [0.25, 0.3) is 0 Å². The first-order valence-corrected chi connectivity index (χ1v) is 12.9. The molecule has 0 aliphatic carbocycles. The molecule has 0 saturated carbocycles. The Morgan fingerprint density at radius 3 is 1.73 bits per heavy atom. The number of carbonyl (C=O) groups is 4. The molecule has 10 heteroatoms. The van der Waals surface area contributed by atoms with Crippen LogP contribution in [0.1, 0.15) is 32.6 Å². The van der Waals surface area contributed by atoms with Crippen LogP contribution < -0.4 is 24.8 Å². The number of hydrogen-bond donors (Lipinski definition) is 2. The number of ether oxygens (including phenoxy) is 4. The predicted molar refractivity (Wildman–Crippen MR) is 146 cm³/mol. The third-order valence-corrected chi connectivity index (χ3v) is 5.42. The third-order valence-electron chi connectivity index (χ3n) is 5.42. The van der Waals surface area contributed by atoms with Crippen LogP contribution in [0.5, 0.6) is 17.2 Å². The molecule has 40 heavy (non-hydrogen) atoms. The topological polar surface area (TPSA) is 129 Å². The molecule has 0 spiro atoms. The second-order valence-electron chi connectivity index (χ2n) is 8.76. The maximum absolute atomic E-state index is 12.9. The number of hydrogen-bond acceptors (Lipinski definition) is 8. The monoisotopic (exact) mass is 548 g/mol. The minimum absolute atomic E-state index is 0.171. The summed E-state index contributed by atoms with van der Waals surface area (Å²) in [5, 5.41) is 5.17. The molecule has 0 aliphatic rings. The molecule has 0 aromatic heterocycles. The maximum atomic E-state index is 12.9. The largest absolute Gasteiger partial charge is 0.461 e. The van der Waals surface area contributed by atoms with Gasteiger partial charge in [-0.3, -0.25) is 4.79 Å². The Bertz CT molecular complexity index is 1220. The Hall–Kier alpha value is -4.86. The van der Waals surface area contributed by atoms with Crippen molar-refractivity contribution in [3.63, 3.8) is 0 Å². The fourth-order valence-corrected chi connectivity index (χ4v) is 3.53. The number of amides is 2. The van der Waals surface area contributed by atoms with Gasteiger partial charge in [0.15, 0.2) is 0 Å². The summed E-state index contributed by atoms with van der Waals surface area (Å²) >= 11 is 0. The smallest absolute Gasteiger partial charge is 0.413 e. The van der Waals surface area contributed by atoms with E-state index in [0.717, 1.165) is 0 Å². The van der Waals surface area contributed by atoms with Gasteiger partial charge >= 0.3 is 24.1 Å². The van der Waals surface area contributed by atoms with Gasteiger partial charge in [-0.1, -0.05) is 54.6 Å². The SMILES string of the molecule is CC(CC(=O)Oc1ccccc1)OC(=O)C(CCCCNC(=O)Oc1ccccc1)NC(=O)Oc1ccccc1. The standard InChI is InChI=1S/C30H32N2O8/c1-22(21-27(33)38-23-13-5-2-6-14-23)37-28(34)26(32-30(36)40-25-17-9-4-10-18-25)19-11-12-20-31-29(35)39-24-15-7-3-8-16-24/h2-10,13-18,22,26H,11-12,19-21H2,1H3,(H,31,35)(H,32,36). The average Bonchev–Trinajstić information content (AvgIpc) is 2.93. The number of carbonyl (C=O) groups excluding carboxylic acids is 4. The first-order valence-electron chi connectivity index (χ1n) is 12.9. The van der Waals surface area contributed by atoms with Crippen molar-refractivity contribution in [3.05, 3.63) is 91.0 Å². The minimum Gasteiger partial charge on any atom is -0.461 e. The summed E-state index contributed by atoms with van der Waals surface area (Å²) in [5.74, 6) is -0.166. The van der Waals surface area contributed by atoms with Crippen molar-refractivity contribution in [1.82, 2.24) is 10.6 Å². The highest BCUT2D eigenvalue weighted by Crippen LogP contribution is 2.13. The van der Waals surface area contributed by atoms with Crippen LogP contribution in [-0.4, -0.2) is 42.8 Å². The quantitative estimate of drug-likeness (QED) is 0.173. The summed E-state index contributed by atoms with van der Waals surface area (Å²) in [6.07, 6.45) is -1.22. The van der Waals surface area contributed by atoms with Crippen molar-refractivity contribution in [3.8, 4) is 17.2 Å². The van der Waals surface area contributed by atoms with Gasteiger partial charge in [-0.2, -0.15) is 0 Å². The molecule has 0 saturated heterocycles. The van der Waals surface area contributed by atoms with Gasteiger partial charge < -0.3 is 29.6 Å². The molecule has 10 nitrogen and oxygen atoms in total. The second kappa shape index (κ2) is 16.2. The summed E-state index contributed by atoms with van der Waals surface area (Å²) < 4.78 is 21.1. The lowest BCUT2D eigenvalue weighted by Crippen LogP contribution is -2.44. The molecule has 2 atom stereocenters. The Balaban J connectivity index is 1.48. The summed E-state index contributed by atoms with van der Waals surface area (Å²) in [7, 11) is 0. The second-order valence-corrected chi connectivity index (χ2v) is 8.76. The van der Waals surface area contributed by atoms with Crippen molar-refractivity contribution in [2.75, 3.05) is 6.54 Å². The van der Waals surface area contributed by atoms with Crippen molar-refractivity contribution < 1.29 is 38.1 Å². The van der Waals surface area contributed by atoms with Crippen LogP contribution in [0.4, 0.5) is 9.59 Å². The van der Waals surface area contributed by atoms with Crippen LogP contribution in [-0.2, 0) is 14.3 Å². The lowest BCUT2D eigenvalue weighted by Gasteiger charge is -2.20. The maximum Gasteiger partial charge on any atom is 0.413 e. The highest BCUT2D eigenvalue weighted by atomic mass is 16.6. The molecule has 3 aromatic rings. The van der Waals surface area contributed by atoms with Crippen LogP contribution in [0, 0.1) is 0 Å². The molecule has 2 unspecified atom stereocenters. The molecular formula is C30H32N2O8. The zero-order valence-corrected chi connectivity index (χ0v) is 22.1. The van der Waals surface area contributed by atoms with Crippen LogP contribution in [0.25, 0.3) is 0 Å². The summed E-state index contributed by atoms with van der Waals surface area (Å²) in [5.41, 5.74) is 0. The summed E-state index contributed by atoms with van der Waals surface area (Å²) in [6, 6.07) is 24.6. The number of rotatable bonds is 13. The van der Waals surface area contributed by atoms with E-state index in [1.807, 2.05) is 6.07 Å². The lowest BCUT2D eigenvalue weighted by atomic mass is 10.1. The highest BCUT2D eigenvalue weighted by molar-refractivity contribution is 5.82. The molecule has 0 bridgehead atoms. The Morgan fingerprint density at radius 2 is 1.18 bits per heavy atom. The molecule has 3 rings (SSSR count). The number of para-hydroxylation sites is 3. The third kappa shape index (κ3) is 11.3. The molecule has 2 amide bonds. The van der Waals surface area contributed by atoms with Crippen LogP contribution in [0.2, 0.25) is 0 Å². The van der Waals surface area contributed by atoms with Crippen LogP contribution in [0.15, 0.2) is 91.0 Å². The van der Waals surface area contributed by atoms with Gasteiger partial charge in [0.05, 0.1) is 6.42 Å². The molecular weight excluding hydrogens is 516 g/mol. The molecule has 210 valence electrons. The van der Waals surface area contributed by atoms with Crippen molar-refractivity contribution in [1.29, 1.82) is 0 Å². The van der Waals surface area contributed by atoms with E-state index in [4.69, 9.17) is 18.9 Å². The fourth-order valence-electron chi connectivity index (χ4n) is 3.53. The van der Waals surface area contributed by atoms with Crippen LogP contribution >= 0.6 is 0 Å². The molecule has 0 fully saturated rings. The van der Waals surface area contributed by atoms with E-state index in [9.17, 15) is 19.2 Å². The highest BCUT2D eigenvalue weighted by Gasteiger charge is 2.26. The van der Waals surface area contributed by atoms with E-state index >= 15 is 0 Å². The van der Waals surface area contributed by atoms with E-state index in [2.05, 4.69) is 10.6 Å². The fraction of sp³-hybridized carbons (Fsp3) is 0.267. The van der Waals surface area contributed by atoms with E-state index in [1.165, 1.54) is 0 Å². The van der Waals surface area contributed by atoms with Gasteiger partial charge in [0.2, 0.25) is 0 Å². The van der Waals surface area contributed by atoms with Gasteiger partial charge in [-0.25, -0.2) is 14.4 Å². The predicted octanol–water partition coefficient (Wildman–Crippen LogP) is 5.03. The van der Waals surface area contributed by atoms with E-state index in [0.29, 0.717) is 36.6 Å². The number of unbranched alkanes of at least 4 members (excludes halogenated alkanes) is 1. The first-order chi connectivity index (χ1) is 19.4. The lowest BCUT2D eigenvalue weighted by molar-refractivity contribution is -0.153. The molecule has 3 aromatic carbocycles. The Morgan fingerprint density at radius 1 is 0.675 bits per heavy atom. The van der Waals surface area contributed by atoms with Gasteiger partial charge in [-0.05, 0) is 62.6 Å². The van der Waals surface area contributed by atoms with Crippen molar-refractivity contribution in [2.24, 2.45) is 0 Å². The first kappa shape index (κ1) is 29.7. The number of esters is 2. The van der Waals surface area contributed by atoms with Gasteiger partial charge in [-0.15, -0.1) is 0 Å². The van der Waals surface area contributed by atoms with Crippen molar-refractivity contribution >= 4 is 24.1 Å². The average molecular weight is 549 g/mol. The van der Waals surface area contributed by atoms with E-state index < -0.39 is 36.3 Å². The van der Waals surface area contributed by atoms with Gasteiger partial charge in [0.1, 0.15) is 29.4 Å².